The van der Waals surface area contributed by atoms with Gasteiger partial charge in [-0.25, -0.2) is 8.42 Å². The Balaban J connectivity index is 2.38. The van der Waals surface area contributed by atoms with Crippen LogP contribution >= 0.6 is 0 Å². The lowest BCUT2D eigenvalue weighted by molar-refractivity contribution is -0.124. The van der Waals surface area contributed by atoms with Crippen molar-refractivity contribution in [3.05, 3.63) is 0 Å². The van der Waals surface area contributed by atoms with Crippen LogP contribution in [0.4, 0.5) is 0 Å². The van der Waals surface area contributed by atoms with Crippen molar-refractivity contribution in [3.63, 3.8) is 0 Å². The number of aliphatic hydroxyl groups is 1. The lowest BCUT2D eigenvalue weighted by atomic mass is 9.79. The zero-order chi connectivity index (χ0) is 15.4. The summed E-state index contributed by atoms with van der Waals surface area (Å²) in [4.78, 5) is 11.8. The van der Waals surface area contributed by atoms with Crippen LogP contribution in [-0.2, 0) is 14.6 Å². The molecule has 0 radical (unpaired) electrons. The van der Waals surface area contributed by atoms with Crippen LogP contribution in [0, 0.1) is 5.92 Å². The van der Waals surface area contributed by atoms with E-state index >= 15 is 0 Å². The maximum atomic E-state index is 11.8. The van der Waals surface area contributed by atoms with Gasteiger partial charge in [0.1, 0.15) is 9.84 Å². The largest absolute Gasteiger partial charge is 0.388 e. The number of nitrogens with two attached hydrogens (primary N) is 1. The molecule has 6 nitrogen and oxygen atoms in total. The summed E-state index contributed by atoms with van der Waals surface area (Å²) in [7, 11) is -3.12. The molecule has 0 saturated heterocycles. The van der Waals surface area contributed by atoms with E-state index < -0.39 is 27.4 Å². The Hall–Kier alpha value is -0.660. The third-order valence-corrected chi connectivity index (χ3v) is 4.77. The maximum Gasteiger partial charge on any atom is 0.237 e. The lowest BCUT2D eigenvalue weighted by Crippen LogP contribution is -2.50. The molecule has 0 aromatic heterocycles. The molecule has 1 fully saturated rings. The van der Waals surface area contributed by atoms with Crippen LogP contribution in [0.5, 0.6) is 0 Å². The first-order valence-corrected chi connectivity index (χ1v) is 9.11. The molecule has 0 aliphatic heterocycles. The topological polar surface area (TPSA) is 109 Å². The molecule has 3 atom stereocenters. The summed E-state index contributed by atoms with van der Waals surface area (Å²) >= 11 is 0. The second kappa shape index (κ2) is 6.87. The van der Waals surface area contributed by atoms with Crippen LogP contribution < -0.4 is 11.1 Å². The molecule has 1 amide bonds. The van der Waals surface area contributed by atoms with Gasteiger partial charge in [-0.1, -0.05) is 19.8 Å². The van der Waals surface area contributed by atoms with E-state index in [4.69, 9.17) is 5.73 Å². The Kier molecular flexibility index (Phi) is 5.97. The average molecular weight is 306 g/mol. The second-order valence-corrected chi connectivity index (χ2v) is 8.43. The molecule has 1 rings (SSSR count). The van der Waals surface area contributed by atoms with E-state index in [1.807, 2.05) is 0 Å². The van der Waals surface area contributed by atoms with Crippen molar-refractivity contribution in [2.24, 2.45) is 11.7 Å². The maximum absolute atomic E-state index is 11.8. The molecule has 20 heavy (non-hydrogen) atoms. The van der Waals surface area contributed by atoms with Crippen molar-refractivity contribution in [3.8, 4) is 0 Å². The fourth-order valence-corrected chi connectivity index (χ4v) is 3.33. The van der Waals surface area contributed by atoms with Gasteiger partial charge in [-0.2, -0.15) is 0 Å². The Morgan fingerprint density at radius 2 is 2.20 bits per heavy atom. The van der Waals surface area contributed by atoms with Gasteiger partial charge < -0.3 is 16.2 Å². The van der Waals surface area contributed by atoms with Gasteiger partial charge >= 0.3 is 0 Å². The predicted molar refractivity (Wildman–Crippen MR) is 77.9 cm³/mol. The number of rotatable bonds is 6. The first-order chi connectivity index (χ1) is 9.11. The Bertz CT molecular complexity index is 438. The van der Waals surface area contributed by atoms with Crippen molar-refractivity contribution in [1.82, 2.24) is 5.32 Å². The highest BCUT2D eigenvalue weighted by Crippen LogP contribution is 2.31. The summed E-state index contributed by atoms with van der Waals surface area (Å²) in [6.45, 7) is 2.27. The summed E-state index contributed by atoms with van der Waals surface area (Å²) in [5.41, 5.74) is 4.80. The van der Waals surface area contributed by atoms with E-state index in [9.17, 15) is 18.3 Å². The van der Waals surface area contributed by atoms with Crippen molar-refractivity contribution in [2.45, 2.75) is 50.7 Å². The third-order valence-electron chi connectivity index (χ3n) is 3.80. The van der Waals surface area contributed by atoms with E-state index in [1.165, 1.54) is 0 Å². The van der Waals surface area contributed by atoms with Crippen molar-refractivity contribution < 1.29 is 18.3 Å². The zero-order valence-electron chi connectivity index (χ0n) is 12.3. The van der Waals surface area contributed by atoms with E-state index in [0.717, 1.165) is 19.1 Å². The van der Waals surface area contributed by atoms with Gasteiger partial charge in [-0.3, -0.25) is 4.79 Å². The highest BCUT2D eigenvalue weighted by molar-refractivity contribution is 7.90. The summed E-state index contributed by atoms with van der Waals surface area (Å²) < 4.78 is 22.0. The second-order valence-electron chi connectivity index (χ2n) is 6.17. The molecular weight excluding hydrogens is 280 g/mol. The van der Waals surface area contributed by atoms with Crippen LogP contribution in [0.3, 0.4) is 0 Å². The average Bonchev–Trinajstić information content (AvgIpc) is 2.32. The molecule has 0 heterocycles. The minimum Gasteiger partial charge on any atom is -0.388 e. The van der Waals surface area contributed by atoms with Gasteiger partial charge in [0, 0.05) is 12.8 Å². The highest BCUT2D eigenvalue weighted by Gasteiger charge is 2.33. The van der Waals surface area contributed by atoms with E-state index in [1.54, 1.807) is 0 Å². The predicted octanol–water partition coefficient (Wildman–Crippen LogP) is -0.194. The van der Waals surface area contributed by atoms with Gasteiger partial charge in [0.2, 0.25) is 5.91 Å². The lowest BCUT2D eigenvalue weighted by Gasteiger charge is -2.35. The van der Waals surface area contributed by atoms with Gasteiger partial charge in [0.25, 0.3) is 0 Å². The molecule has 3 unspecified atom stereocenters. The minimum atomic E-state index is -3.12. The first-order valence-electron chi connectivity index (χ1n) is 7.05. The smallest absolute Gasteiger partial charge is 0.237 e. The normalized spacial score (nSPS) is 28.9. The number of carbonyl (C=O) groups is 1. The quantitative estimate of drug-likeness (QED) is 0.630. The summed E-state index contributed by atoms with van der Waals surface area (Å²) in [6.07, 6.45) is 4.61. The molecule has 1 aliphatic rings. The van der Waals surface area contributed by atoms with Crippen molar-refractivity contribution >= 4 is 15.7 Å². The van der Waals surface area contributed by atoms with Crippen molar-refractivity contribution in [1.29, 1.82) is 0 Å². The van der Waals surface area contributed by atoms with Gasteiger partial charge in [-0.05, 0) is 25.2 Å². The summed E-state index contributed by atoms with van der Waals surface area (Å²) in [6, 6.07) is -0.852. The van der Waals surface area contributed by atoms with Gasteiger partial charge in [0.05, 0.1) is 17.4 Å². The van der Waals surface area contributed by atoms with Crippen LogP contribution in [0.15, 0.2) is 0 Å². The fourth-order valence-electron chi connectivity index (χ4n) is 2.65. The van der Waals surface area contributed by atoms with Crippen molar-refractivity contribution in [2.75, 3.05) is 18.6 Å². The number of amides is 1. The molecule has 0 aromatic carbocycles. The Labute approximate surface area is 121 Å². The third kappa shape index (κ3) is 6.19. The number of hydrogen-bond acceptors (Lipinski definition) is 5. The number of carbonyl (C=O) groups excluding carboxylic acids is 1. The SMILES string of the molecule is CC1CCCC(O)(CNC(=O)C(N)CCS(C)(=O)=O)C1. The summed E-state index contributed by atoms with van der Waals surface area (Å²) in [5, 5.41) is 13.0. The zero-order valence-corrected chi connectivity index (χ0v) is 13.1. The Morgan fingerprint density at radius 3 is 2.75 bits per heavy atom. The molecule has 1 aliphatic carbocycles. The van der Waals surface area contributed by atoms with Gasteiger partial charge in [0.15, 0.2) is 0 Å². The monoisotopic (exact) mass is 306 g/mol. The molecule has 0 aromatic rings. The van der Waals surface area contributed by atoms with Crippen LogP contribution in [-0.4, -0.2) is 49.6 Å². The van der Waals surface area contributed by atoms with Gasteiger partial charge in [-0.15, -0.1) is 0 Å². The van der Waals surface area contributed by atoms with Crippen LogP contribution in [0.2, 0.25) is 0 Å². The molecular formula is C13H26N2O4S. The van der Waals surface area contributed by atoms with E-state index in [2.05, 4.69) is 12.2 Å². The van der Waals surface area contributed by atoms with E-state index in [0.29, 0.717) is 18.8 Å². The molecule has 4 N–H and O–H groups in total. The molecule has 118 valence electrons. The van der Waals surface area contributed by atoms with Crippen LogP contribution in [0.25, 0.3) is 0 Å². The molecule has 1 saturated carbocycles. The molecule has 0 spiro atoms. The number of nitrogens with one attached hydrogen (secondary N) is 1. The Morgan fingerprint density at radius 1 is 1.55 bits per heavy atom. The molecule has 7 heteroatoms. The van der Waals surface area contributed by atoms with E-state index in [-0.39, 0.29) is 18.7 Å². The molecule has 0 bridgehead atoms. The minimum absolute atomic E-state index is 0.0967. The summed E-state index contributed by atoms with van der Waals surface area (Å²) in [5.74, 6) is -0.0621. The number of sulfone groups is 1. The number of hydrogen-bond donors (Lipinski definition) is 3. The fraction of sp³-hybridized carbons (Fsp3) is 0.923. The van der Waals surface area contributed by atoms with Crippen LogP contribution in [0.1, 0.15) is 39.0 Å². The highest BCUT2D eigenvalue weighted by atomic mass is 32.2. The first kappa shape index (κ1) is 17.4. The standard InChI is InChI=1S/C13H26N2O4S/c1-10-4-3-6-13(17,8-10)9-15-12(16)11(14)5-7-20(2,18)19/h10-11,17H,3-9,14H2,1-2H3,(H,15,16).